The minimum atomic E-state index is -0.315. The number of ether oxygens (including phenoxy) is 1. The fourth-order valence-electron chi connectivity index (χ4n) is 3.23. The number of benzene rings is 2. The van der Waals surface area contributed by atoms with Crippen LogP contribution in [0, 0.1) is 6.92 Å². The summed E-state index contributed by atoms with van der Waals surface area (Å²) in [4.78, 5) is 12.5. The SMILES string of the molecule is Cc1ccc2c(c1)C(NC(=O)CSCc1ccc(Cl)cc1Cl)CC(C)(C)O2. The molecule has 1 N–H and O–H groups in total. The van der Waals surface area contributed by atoms with Gasteiger partial charge in [0.15, 0.2) is 0 Å². The number of nitrogens with one attached hydrogen (secondary N) is 1. The van der Waals surface area contributed by atoms with Crippen molar-refractivity contribution in [2.75, 3.05) is 5.75 Å². The molecule has 1 aliphatic heterocycles. The second-order valence-electron chi connectivity index (χ2n) is 7.46. The van der Waals surface area contributed by atoms with Crippen molar-refractivity contribution in [3.8, 4) is 5.75 Å². The molecule has 0 saturated heterocycles. The molecule has 1 amide bonds. The highest BCUT2D eigenvalue weighted by atomic mass is 35.5. The molecule has 1 heterocycles. The molecule has 0 spiro atoms. The van der Waals surface area contributed by atoms with Gasteiger partial charge in [0.1, 0.15) is 11.4 Å². The highest BCUT2D eigenvalue weighted by molar-refractivity contribution is 7.99. The molecule has 0 aromatic heterocycles. The van der Waals surface area contributed by atoms with E-state index in [1.165, 1.54) is 11.8 Å². The molecule has 2 aromatic carbocycles. The Bertz CT molecular complexity index is 854. The van der Waals surface area contributed by atoms with Gasteiger partial charge in [0, 0.05) is 27.8 Å². The normalized spacial score (nSPS) is 17.7. The van der Waals surface area contributed by atoms with E-state index >= 15 is 0 Å². The third-order valence-electron chi connectivity index (χ3n) is 4.46. The van der Waals surface area contributed by atoms with Crippen molar-refractivity contribution >= 4 is 40.9 Å². The Morgan fingerprint density at radius 2 is 2.04 bits per heavy atom. The number of thioether (sulfide) groups is 1. The summed E-state index contributed by atoms with van der Waals surface area (Å²) in [6, 6.07) is 11.5. The maximum Gasteiger partial charge on any atom is 0.230 e. The van der Waals surface area contributed by atoms with E-state index in [0.29, 0.717) is 21.6 Å². The van der Waals surface area contributed by atoms with E-state index < -0.39 is 0 Å². The summed E-state index contributed by atoms with van der Waals surface area (Å²) in [5.74, 6) is 1.90. The standard InChI is InChI=1S/C21H23Cl2NO2S/c1-13-4-7-19-16(8-13)18(10-21(2,3)26-19)24-20(25)12-27-11-14-5-6-15(22)9-17(14)23/h4-9,18H,10-12H2,1-3H3,(H,24,25). The van der Waals surface area contributed by atoms with Crippen LogP contribution in [0.15, 0.2) is 36.4 Å². The number of aryl methyl sites for hydroxylation is 1. The van der Waals surface area contributed by atoms with E-state index in [0.717, 1.165) is 28.9 Å². The Labute approximate surface area is 174 Å². The van der Waals surface area contributed by atoms with Gasteiger partial charge in [-0.2, -0.15) is 0 Å². The fourth-order valence-corrected chi connectivity index (χ4v) is 4.63. The lowest BCUT2D eigenvalue weighted by atomic mass is 9.89. The van der Waals surface area contributed by atoms with Crippen LogP contribution in [0.5, 0.6) is 5.75 Å². The van der Waals surface area contributed by atoms with Crippen LogP contribution in [0.1, 0.15) is 43.0 Å². The molecular formula is C21H23Cl2NO2S. The Kier molecular flexibility index (Phi) is 6.29. The van der Waals surface area contributed by atoms with Crippen LogP contribution in [0.25, 0.3) is 0 Å². The first-order valence-electron chi connectivity index (χ1n) is 8.84. The first-order chi connectivity index (χ1) is 12.7. The fraction of sp³-hybridized carbons (Fsp3) is 0.381. The molecule has 3 nitrogen and oxygen atoms in total. The number of hydrogen-bond donors (Lipinski definition) is 1. The van der Waals surface area contributed by atoms with E-state index in [4.69, 9.17) is 27.9 Å². The molecule has 144 valence electrons. The molecule has 1 atom stereocenters. The third-order valence-corrected chi connectivity index (χ3v) is 6.03. The molecule has 0 radical (unpaired) electrons. The smallest absolute Gasteiger partial charge is 0.230 e. The van der Waals surface area contributed by atoms with Crippen molar-refractivity contribution < 1.29 is 9.53 Å². The predicted molar refractivity (Wildman–Crippen MR) is 114 cm³/mol. The Morgan fingerprint density at radius 1 is 1.26 bits per heavy atom. The van der Waals surface area contributed by atoms with Crippen molar-refractivity contribution in [1.82, 2.24) is 5.32 Å². The van der Waals surface area contributed by atoms with Crippen LogP contribution in [0.2, 0.25) is 10.0 Å². The van der Waals surface area contributed by atoms with Crippen LogP contribution in [0.4, 0.5) is 0 Å². The molecule has 0 bridgehead atoms. The maximum absolute atomic E-state index is 12.5. The molecule has 1 aliphatic rings. The third kappa shape index (κ3) is 5.34. The number of carbonyl (C=O) groups excluding carboxylic acids is 1. The molecule has 2 aromatic rings. The minimum Gasteiger partial charge on any atom is -0.487 e. The van der Waals surface area contributed by atoms with E-state index in [2.05, 4.69) is 11.4 Å². The van der Waals surface area contributed by atoms with Crippen molar-refractivity contribution in [3.05, 3.63) is 63.1 Å². The topological polar surface area (TPSA) is 38.3 Å². The van der Waals surface area contributed by atoms with Gasteiger partial charge in [0.05, 0.1) is 11.8 Å². The van der Waals surface area contributed by atoms with Crippen molar-refractivity contribution in [1.29, 1.82) is 0 Å². The summed E-state index contributed by atoms with van der Waals surface area (Å²) >= 11 is 13.6. The maximum atomic E-state index is 12.5. The summed E-state index contributed by atoms with van der Waals surface area (Å²) in [5, 5.41) is 4.42. The van der Waals surface area contributed by atoms with E-state index in [1.807, 2.05) is 45.0 Å². The van der Waals surface area contributed by atoms with Gasteiger partial charge >= 0.3 is 0 Å². The Balaban J connectivity index is 1.61. The zero-order valence-corrected chi connectivity index (χ0v) is 18.0. The van der Waals surface area contributed by atoms with Crippen molar-refractivity contribution in [2.24, 2.45) is 0 Å². The van der Waals surface area contributed by atoms with Gasteiger partial charge < -0.3 is 10.1 Å². The van der Waals surface area contributed by atoms with Gasteiger partial charge in [-0.05, 0) is 44.5 Å². The summed E-state index contributed by atoms with van der Waals surface area (Å²) < 4.78 is 6.07. The van der Waals surface area contributed by atoms with E-state index in [9.17, 15) is 4.79 Å². The molecule has 27 heavy (non-hydrogen) atoms. The average Bonchev–Trinajstić information content (AvgIpc) is 2.57. The number of rotatable bonds is 5. The van der Waals surface area contributed by atoms with Gasteiger partial charge in [0.2, 0.25) is 5.91 Å². The second kappa shape index (κ2) is 8.34. The monoisotopic (exact) mass is 423 g/mol. The molecule has 6 heteroatoms. The van der Waals surface area contributed by atoms with Crippen molar-refractivity contribution in [3.63, 3.8) is 0 Å². The number of carbonyl (C=O) groups is 1. The van der Waals surface area contributed by atoms with Crippen molar-refractivity contribution in [2.45, 2.75) is 44.6 Å². The second-order valence-corrected chi connectivity index (χ2v) is 9.29. The quantitative estimate of drug-likeness (QED) is 0.644. The van der Waals surface area contributed by atoms with Crippen LogP contribution < -0.4 is 10.1 Å². The summed E-state index contributed by atoms with van der Waals surface area (Å²) in [5.41, 5.74) is 2.87. The lowest BCUT2D eigenvalue weighted by molar-refractivity contribution is -0.119. The van der Waals surface area contributed by atoms with Crippen LogP contribution in [-0.4, -0.2) is 17.3 Å². The molecule has 0 saturated carbocycles. The Hall–Kier alpha value is -1.36. The first-order valence-corrected chi connectivity index (χ1v) is 10.8. The first kappa shape index (κ1) is 20.4. The highest BCUT2D eigenvalue weighted by Crippen LogP contribution is 2.39. The van der Waals surface area contributed by atoms with Gasteiger partial charge in [0.25, 0.3) is 0 Å². The van der Waals surface area contributed by atoms with Gasteiger partial charge in [-0.3, -0.25) is 4.79 Å². The number of fused-ring (bicyclic) bond motifs is 1. The molecule has 3 rings (SSSR count). The van der Waals surface area contributed by atoms with Gasteiger partial charge in [-0.15, -0.1) is 11.8 Å². The lowest BCUT2D eigenvalue weighted by Crippen LogP contribution is -2.41. The Morgan fingerprint density at radius 3 is 2.78 bits per heavy atom. The number of amides is 1. The average molecular weight is 424 g/mol. The van der Waals surface area contributed by atoms with Crippen LogP contribution >= 0.6 is 35.0 Å². The summed E-state index contributed by atoms with van der Waals surface area (Å²) in [6.45, 7) is 6.14. The molecule has 0 aliphatic carbocycles. The van der Waals surface area contributed by atoms with Crippen LogP contribution in [-0.2, 0) is 10.5 Å². The largest absolute Gasteiger partial charge is 0.487 e. The lowest BCUT2D eigenvalue weighted by Gasteiger charge is -2.38. The predicted octanol–water partition coefficient (Wildman–Crippen LogP) is 5.95. The summed E-state index contributed by atoms with van der Waals surface area (Å²) in [7, 11) is 0. The van der Waals surface area contributed by atoms with Crippen LogP contribution in [0.3, 0.4) is 0 Å². The number of halogens is 2. The summed E-state index contributed by atoms with van der Waals surface area (Å²) in [6.07, 6.45) is 0.739. The minimum absolute atomic E-state index is 0.0141. The van der Waals surface area contributed by atoms with E-state index in [-0.39, 0.29) is 17.6 Å². The highest BCUT2D eigenvalue weighted by Gasteiger charge is 2.34. The number of hydrogen-bond acceptors (Lipinski definition) is 3. The molecule has 0 fully saturated rings. The molecule has 1 unspecified atom stereocenters. The van der Waals surface area contributed by atoms with Gasteiger partial charge in [-0.1, -0.05) is 47.0 Å². The van der Waals surface area contributed by atoms with Gasteiger partial charge in [-0.25, -0.2) is 0 Å². The zero-order valence-electron chi connectivity index (χ0n) is 15.6. The zero-order chi connectivity index (χ0) is 19.6. The van der Waals surface area contributed by atoms with E-state index in [1.54, 1.807) is 6.07 Å². The molecular weight excluding hydrogens is 401 g/mol.